The number of hydrogen-bond acceptors (Lipinski definition) is 4. The van der Waals surface area contributed by atoms with Crippen molar-refractivity contribution in [3.8, 4) is 33.6 Å². The van der Waals surface area contributed by atoms with Gasteiger partial charge in [0.15, 0.2) is 0 Å². The standard InChI is InChI=1S/C27H25N2O.C25H28N.Ir/c1-16-14-29-24(12-19(16)13-27(3,4)5)22-8-6-7-20-21-10-9-18-11-17(2)28-15-23(18)26(21)30-25(20)22;1-17-7-10-22(24-13-18(2)19(3)16-26-24)14-23(17)21-11-8-20(9-12-21)15-25(4,5)6;/h6-7,9-12,14-15H,13H2,1-5H3;7-9,11-14,16H,15H2,1-6H3;/q2*-1;. The molecule has 4 aromatic carbocycles. The predicted octanol–water partition coefficient (Wildman–Crippen LogP) is 13.9. The van der Waals surface area contributed by atoms with Gasteiger partial charge in [0.25, 0.3) is 0 Å². The van der Waals surface area contributed by atoms with Crippen molar-refractivity contribution in [2.75, 3.05) is 0 Å². The van der Waals surface area contributed by atoms with E-state index in [1.54, 1.807) is 0 Å². The van der Waals surface area contributed by atoms with Gasteiger partial charge in [0.1, 0.15) is 5.58 Å². The number of hydrogen-bond donors (Lipinski definition) is 0. The summed E-state index contributed by atoms with van der Waals surface area (Å²) in [6.45, 7) is 24.1. The Kier molecular flexibility index (Phi) is 12.1. The molecule has 0 amide bonds. The fraction of sp³-hybridized carbons (Fsp3) is 0.288. The monoisotopic (exact) mass is 928 g/mol. The summed E-state index contributed by atoms with van der Waals surface area (Å²) in [6.07, 6.45) is 7.91. The molecule has 0 spiro atoms. The van der Waals surface area contributed by atoms with Gasteiger partial charge >= 0.3 is 0 Å². The van der Waals surface area contributed by atoms with Crippen molar-refractivity contribution in [3.05, 3.63) is 149 Å². The zero-order valence-electron chi connectivity index (χ0n) is 35.2. The van der Waals surface area contributed by atoms with Crippen LogP contribution in [0, 0.1) is 57.6 Å². The third kappa shape index (κ3) is 9.44. The molecule has 4 heterocycles. The van der Waals surface area contributed by atoms with Gasteiger partial charge in [-0.3, -0.25) is 4.98 Å². The van der Waals surface area contributed by atoms with Crippen LogP contribution in [-0.2, 0) is 32.9 Å². The van der Waals surface area contributed by atoms with Crippen LogP contribution in [0.25, 0.3) is 66.4 Å². The van der Waals surface area contributed by atoms with E-state index < -0.39 is 0 Å². The molecule has 0 saturated heterocycles. The summed E-state index contributed by atoms with van der Waals surface area (Å²) >= 11 is 0. The largest absolute Gasteiger partial charge is 0.500 e. The van der Waals surface area contributed by atoms with Gasteiger partial charge in [0.2, 0.25) is 0 Å². The Bertz CT molecular complexity index is 2710. The minimum atomic E-state index is 0. The van der Waals surface area contributed by atoms with Crippen molar-refractivity contribution in [1.82, 2.24) is 15.0 Å². The van der Waals surface area contributed by atoms with E-state index in [4.69, 9.17) is 9.40 Å². The molecule has 0 fully saturated rings. The second-order valence-corrected chi connectivity index (χ2v) is 18.0. The molecule has 8 rings (SSSR count). The molecule has 0 aliphatic carbocycles. The van der Waals surface area contributed by atoms with Crippen LogP contribution < -0.4 is 0 Å². The molecule has 4 aromatic heterocycles. The quantitative estimate of drug-likeness (QED) is 0.161. The van der Waals surface area contributed by atoms with E-state index >= 15 is 0 Å². The zero-order valence-corrected chi connectivity index (χ0v) is 37.6. The summed E-state index contributed by atoms with van der Waals surface area (Å²) in [6, 6.07) is 34.8. The summed E-state index contributed by atoms with van der Waals surface area (Å²) in [5.74, 6) is 0. The number of furan rings is 1. The first kappa shape index (κ1) is 41.7. The van der Waals surface area contributed by atoms with Crippen LogP contribution in [0.1, 0.15) is 80.6 Å². The molecule has 0 bridgehead atoms. The normalized spacial score (nSPS) is 11.8. The van der Waals surface area contributed by atoms with Gasteiger partial charge in [0, 0.05) is 55.2 Å². The molecular formula is C52H53IrN3O-2. The number of nitrogens with zero attached hydrogens (tertiary/aromatic N) is 3. The molecule has 57 heavy (non-hydrogen) atoms. The van der Waals surface area contributed by atoms with E-state index in [-0.39, 0.29) is 25.5 Å². The van der Waals surface area contributed by atoms with Gasteiger partial charge in [-0.25, -0.2) is 0 Å². The van der Waals surface area contributed by atoms with E-state index in [0.717, 1.165) is 73.8 Å². The first-order valence-electron chi connectivity index (χ1n) is 19.7. The Balaban J connectivity index is 0.000000192. The van der Waals surface area contributed by atoms with Crippen molar-refractivity contribution >= 4 is 32.7 Å². The van der Waals surface area contributed by atoms with Crippen LogP contribution in [0.15, 0.2) is 102 Å². The van der Waals surface area contributed by atoms with Crippen LogP contribution in [-0.4, -0.2) is 15.0 Å². The average molecular weight is 928 g/mol. The third-order valence-corrected chi connectivity index (χ3v) is 10.4. The SMILES string of the molecule is Cc1cc2ccc3c4cc[c-]c(-c5cc(CC(C)(C)C)c(C)cn5)c4oc3c2cn1.Cc1cnc(-c2[c-]cc(C)c(-c3ccc(CC(C)(C)C)cc3)c2)cc1C.[Ir]. The van der Waals surface area contributed by atoms with Crippen molar-refractivity contribution in [2.24, 2.45) is 10.8 Å². The van der Waals surface area contributed by atoms with E-state index in [1.807, 2.05) is 31.6 Å². The van der Waals surface area contributed by atoms with Gasteiger partial charge in [0.05, 0.1) is 5.58 Å². The summed E-state index contributed by atoms with van der Waals surface area (Å²) in [4.78, 5) is 13.8. The Hall–Kier alpha value is -4.96. The fourth-order valence-corrected chi connectivity index (χ4v) is 7.39. The minimum absolute atomic E-state index is 0. The maximum Gasteiger partial charge on any atom is 0.130 e. The van der Waals surface area contributed by atoms with Gasteiger partial charge in [-0.05, 0) is 96.5 Å². The number of fused-ring (bicyclic) bond motifs is 5. The molecule has 0 unspecified atom stereocenters. The minimum Gasteiger partial charge on any atom is -0.500 e. The van der Waals surface area contributed by atoms with E-state index in [2.05, 4.69) is 164 Å². The number of benzene rings is 4. The number of aromatic nitrogens is 3. The number of rotatable bonds is 5. The maximum absolute atomic E-state index is 6.45. The summed E-state index contributed by atoms with van der Waals surface area (Å²) < 4.78 is 6.45. The molecule has 293 valence electrons. The molecular weight excluding hydrogens is 875 g/mol. The average Bonchev–Trinajstić information content (AvgIpc) is 3.53. The molecule has 8 aromatic rings. The maximum atomic E-state index is 6.45. The summed E-state index contributed by atoms with van der Waals surface area (Å²) in [7, 11) is 0. The first-order chi connectivity index (χ1) is 26.5. The topological polar surface area (TPSA) is 51.8 Å². The van der Waals surface area contributed by atoms with Crippen molar-refractivity contribution in [3.63, 3.8) is 0 Å². The number of pyridine rings is 3. The van der Waals surface area contributed by atoms with Crippen LogP contribution in [0.5, 0.6) is 0 Å². The van der Waals surface area contributed by atoms with E-state index in [1.165, 1.54) is 44.5 Å². The second-order valence-electron chi connectivity index (χ2n) is 18.0. The zero-order chi connectivity index (χ0) is 39.9. The first-order valence-corrected chi connectivity index (χ1v) is 19.7. The number of aryl methyl sites for hydroxylation is 5. The van der Waals surface area contributed by atoms with Crippen molar-refractivity contribution in [1.29, 1.82) is 0 Å². The van der Waals surface area contributed by atoms with Gasteiger partial charge in [-0.1, -0.05) is 125 Å². The van der Waals surface area contributed by atoms with Crippen LogP contribution >= 0.6 is 0 Å². The van der Waals surface area contributed by atoms with Crippen molar-refractivity contribution < 1.29 is 24.5 Å². The molecule has 1 radical (unpaired) electrons. The molecule has 0 saturated carbocycles. The van der Waals surface area contributed by atoms with Crippen LogP contribution in [0.4, 0.5) is 0 Å². The Morgan fingerprint density at radius 1 is 0.579 bits per heavy atom. The molecule has 0 aliphatic heterocycles. The van der Waals surface area contributed by atoms with Gasteiger partial charge in [-0.15, -0.1) is 47.5 Å². The Morgan fingerprint density at radius 3 is 1.96 bits per heavy atom. The molecule has 0 atom stereocenters. The molecule has 4 nitrogen and oxygen atoms in total. The summed E-state index contributed by atoms with van der Waals surface area (Å²) in [5.41, 5.74) is 17.2. The predicted molar refractivity (Wildman–Crippen MR) is 235 cm³/mol. The van der Waals surface area contributed by atoms with E-state index in [9.17, 15) is 0 Å². The third-order valence-electron chi connectivity index (χ3n) is 10.4. The van der Waals surface area contributed by atoms with Gasteiger partial charge < -0.3 is 14.4 Å². The van der Waals surface area contributed by atoms with Gasteiger partial charge in [-0.2, -0.15) is 0 Å². The fourth-order valence-electron chi connectivity index (χ4n) is 7.39. The second kappa shape index (κ2) is 16.5. The molecule has 5 heteroatoms. The van der Waals surface area contributed by atoms with Crippen molar-refractivity contribution in [2.45, 2.75) is 89.0 Å². The molecule has 0 aliphatic rings. The summed E-state index contributed by atoms with van der Waals surface area (Å²) in [5, 5.41) is 4.35. The van der Waals surface area contributed by atoms with Crippen LogP contribution in [0.2, 0.25) is 0 Å². The Morgan fingerprint density at radius 2 is 1.26 bits per heavy atom. The van der Waals surface area contributed by atoms with Crippen LogP contribution in [0.3, 0.4) is 0 Å². The molecule has 0 N–H and O–H groups in total. The smallest absolute Gasteiger partial charge is 0.130 e. The Labute approximate surface area is 352 Å². The van der Waals surface area contributed by atoms with E-state index in [0.29, 0.717) is 5.41 Å².